The van der Waals surface area contributed by atoms with E-state index >= 15 is 0 Å². The summed E-state index contributed by atoms with van der Waals surface area (Å²) in [6.07, 6.45) is 0. The molecule has 1 aromatic carbocycles. The number of aryl methyl sites for hydroxylation is 1. The lowest BCUT2D eigenvalue weighted by Crippen LogP contribution is -2.22. The number of nitrogens with one attached hydrogen (secondary N) is 1. The molecule has 1 unspecified atom stereocenters. The van der Waals surface area contributed by atoms with E-state index in [-0.39, 0.29) is 6.04 Å². The second-order valence-electron chi connectivity index (χ2n) is 4.46. The highest BCUT2D eigenvalue weighted by molar-refractivity contribution is 9.10. The van der Waals surface area contributed by atoms with Gasteiger partial charge in [-0.3, -0.25) is 0 Å². The van der Waals surface area contributed by atoms with Gasteiger partial charge in [0.25, 0.3) is 0 Å². The predicted molar refractivity (Wildman–Crippen MR) is 81.0 cm³/mol. The van der Waals surface area contributed by atoms with Crippen molar-refractivity contribution in [2.75, 3.05) is 0 Å². The summed E-state index contributed by atoms with van der Waals surface area (Å²) in [5.74, 6) is 0. The lowest BCUT2D eigenvalue weighted by atomic mass is 10.1. The Morgan fingerprint density at radius 2 is 2.06 bits per heavy atom. The Kier molecular flexibility index (Phi) is 4.54. The third kappa shape index (κ3) is 3.40. The van der Waals surface area contributed by atoms with Crippen molar-refractivity contribution in [3.8, 4) is 0 Å². The summed E-state index contributed by atoms with van der Waals surface area (Å²) >= 11 is 5.21. The van der Waals surface area contributed by atoms with Crippen LogP contribution in [0.5, 0.6) is 0 Å². The minimum Gasteiger partial charge on any atom is -0.302 e. The van der Waals surface area contributed by atoms with E-state index < -0.39 is 0 Å². The van der Waals surface area contributed by atoms with Crippen LogP contribution in [0.2, 0.25) is 0 Å². The van der Waals surface area contributed by atoms with E-state index in [0.717, 1.165) is 15.2 Å². The molecule has 1 aromatic heterocycles. The summed E-state index contributed by atoms with van der Waals surface area (Å²) in [4.78, 5) is 4.52. The lowest BCUT2D eigenvalue weighted by molar-refractivity contribution is 0.487. The average molecular weight is 325 g/mol. The van der Waals surface area contributed by atoms with Crippen molar-refractivity contribution in [3.63, 3.8) is 0 Å². The Morgan fingerprint density at radius 3 is 2.67 bits per heavy atom. The highest BCUT2D eigenvalue weighted by Crippen LogP contribution is 2.22. The van der Waals surface area contributed by atoms with Crippen molar-refractivity contribution in [2.45, 2.75) is 32.9 Å². The molecule has 2 atom stereocenters. The number of thiazole rings is 1. The summed E-state index contributed by atoms with van der Waals surface area (Å²) < 4.78 is 1.12. The number of aromatic nitrogens is 1. The fraction of sp³-hybridized carbons (Fsp3) is 0.357. The SMILES string of the molecule is Cc1nc(C(C)N[C@@H](C)c2cccc(Br)c2)cs1. The van der Waals surface area contributed by atoms with Crippen molar-refractivity contribution in [2.24, 2.45) is 0 Å². The van der Waals surface area contributed by atoms with Crippen molar-refractivity contribution in [1.82, 2.24) is 10.3 Å². The van der Waals surface area contributed by atoms with Crippen LogP contribution >= 0.6 is 27.3 Å². The van der Waals surface area contributed by atoms with E-state index in [1.54, 1.807) is 11.3 Å². The number of hydrogen-bond donors (Lipinski definition) is 1. The molecule has 0 aliphatic carbocycles. The summed E-state index contributed by atoms with van der Waals surface area (Å²) in [7, 11) is 0. The highest BCUT2D eigenvalue weighted by Gasteiger charge is 2.13. The second-order valence-corrected chi connectivity index (χ2v) is 6.43. The standard InChI is InChI=1S/C14H17BrN2S/c1-9(12-5-4-6-13(15)7-12)16-10(2)14-8-18-11(3)17-14/h4-10,16H,1-3H3/t9-,10?/m0/s1. The Balaban J connectivity index is 2.05. The van der Waals surface area contributed by atoms with Crippen LogP contribution in [0.1, 0.15) is 42.2 Å². The molecule has 0 saturated heterocycles. The smallest absolute Gasteiger partial charge is 0.0898 e. The van der Waals surface area contributed by atoms with Crippen LogP contribution in [0, 0.1) is 6.92 Å². The first-order valence-electron chi connectivity index (χ1n) is 6.00. The van der Waals surface area contributed by atoms with E-state index in [0.29, 0.717) is 6.04 Å². The van der Waals surface area contributed by atoms with Crippen molar-refractivity contribution < 1.29 is 0 Å². The molecule has 2 aromatic rings. The predicted octanol–water partition coefficient (Wildman–Crippen LogP) is 4.63. The third-order valence-electron chi connectivity index (χ3n) is 2.93. The molecular weight excluding hydrogens is 308 g/mol. The first-order chi connectivity index (χ1) is 8.56. The Bertz CT molecular complexity index is 524. The summed E-state index contributed by atoms with van der Waals surface area (Å²) in [5, 5.41) is 6.82. The molecule has 2 nitrogen and oxygen atoms in total. The maximum absolute atomic E-state index is 4.52. The summed E-state index contributed by atoms with van der Waals surface area (Å²) in [6, 6.07) is 8.97. The first-order valence-corrected chi connectivity index (χ1v) is 7.67. The van der Waals surface area contributed by atoms with Crippen molar-refractivity contribution >= 4 is 27.3 Å². The van der Waals surface area contributed by atoms with Gasteiger partial charge in [-0.25, -0.2) is 4.98 Å². The fourth-order valence-electron chi connectivity index (χ4n) is 1.91. The van der Waals surface area contributed by atoms with Gasteiger partial charge in [0.1, 0.15) is 0 Å². The fourth-order valence-corrected chi connectivity index (χ4v) is 3.03. The third-order valence-corrected chi connectivity index (χ3v) is 4.21. The first kappa shape index (κ1) is 13.7. The van der Waals surface area contributed by atoms with Gasteiger partial charge in [0.15, 0.2) is 0 Å². The second kappa shape index (κ2) is 5.95. The Labute approximate surface area is 121 Å². The van der Waals surface area contributed by atoms with Gasteiger partial charge in [-0.1, -0.05) is 28.1 Å². The van der Waals surface area contributed by atoms with Gasteiger partial charge in [-0.15, -0.1) is 11.3 Å². The van der Waals surface area contributed by atoms with Gasteiger partial charge in [0.2, 0.25) is 0 Å². The van der Waals surface area contributed by atoms with Crippen molar-refractivity contribution in [3.05, 3.63) is 50.4 Å². The van der Waals surface area contributed by atoms with Gasteiger partial charge in [-0.2, -0.15) is 0 Å². The molecule has 1 heterocycles. The molecule has 0 bridgehead atoms. The van der Waals surface area contributed by atoms with Crippen molar-refractivity contribution in [1.29, 1.82) is 0 Å². The number of rotatable bonds is 4. The Hall–Kier alpha value is -0.710. The normalized spacial score (nSPS) is 14.4. The topological polar surface area (TPSA) is 24.9 Å². The van der Waals surface area contributed by atoms with E-state index in [1.807, 2.05) is 13.0 Å². The molecule has 0 saturated carbocycles. The minimum atomic E-state index is 0.268. The molecule has 0 aliphatic heterocycles. The van der Waals surface area contributed by atoms with Gasteiger partial charge >= 0.3 is 0 Å². The monoisotopic (exact) mass is 324 g/mol. The maximum atomic E-state index is 4.52. The molecular formula is C14H17BrN2S. The minimum absolute atomic E-state index is 0.268. The molecule has 0 radical (unpaired) electrons. The van der Waals surface area contributed by atoms with Gasteiger partial charge in [0, 0.05) is 21.9 Å². The van der Waals surface area contributed by atoms with Crippen LogP contribution < -0.4 is 5.32 Å². The number of halogens is 1. The zero-order valence-corrected chi connectivity index (χ0v) is 13.2. The quantitative estimate of drug-likeness (QED) is 0.887. The highest BCUT2D eigenvalue weighted by atomic mass is 79.9. The molecule has 96 valence electrons. The van der Waals surface area contributed by atoms with Gasteiger partial charge in [0.05, 0.1) is 10.7 Å². The van der Waals surface area contributed by atoms with E-state index in [4.69, 9.17) is 0 Å². The molecule has 2 rings (SSSR count). The van der Waals surface area contributed by atoms with Gasteiger partial charge in [-0.05, 0) is 38.5 Å². The van der Waals surface area contributed by atoms with Crippen LogP contribution in [-0.2, 0) is 0 Å². The molecule has 0 spiro atoms. The molecule has 1 N–H and O–H groups in total. The average Bonchev–Trinajstić information content (AvgIpc) is 2.76. The maximum Gasteiger partial charge on any atom is 0.0898 e. The lowest BCUT2D eigenvalue weighted by Gasteiger charge is -2.19. The molecule has 0 amide bonds. The van der Waals surface area contributed by atoms with Crippen LogP contribution in [0.25, 0.3) is 0 Å². The van der Waals surface area contributed by atoms with Crippen LogP contribution in [0.4, 0.5) is 0 Å². The van der Waals surface area contributed by atoms with Crippen LogP contribution in [0.3, 0.4) is 0 Å². The Morgan fingerprint density at radius 1 is 1.28 bits per heavy atom. The van der Waals surface area contributed by atoms with E-state index in [2.05, 4.69) is 63.7 Å². The van der Waals surface area contributed by atoms with E-state index in [9.17, 15) is 0 Å². The van der Waals surface area contributed by atoms with Crippen LogP contribution in [-0.4, -0.2) is 4.98 Å². The summed E-state index contributed by atoms with van der Waals surface area (Å²) in [5.41, 5.74) is 2.41. The number of benzene rings is 1. The number of hydrogen-bond acceptors (Lipinski definition) is 3. The molecule has 0 aliphatic rings. The van der Waals surface area contributed by atoms with E-state index in [1.165, 1.54) is 5.56 Å². The zero-order chi connectivity index (χ0) is 13.1. The largest absolute Gasteiger partial charge is 0.302 e. The van der Waals surface area contributed by atoms with Crippen LogP contribution in [0.15, 0.2) is 34.1 Å². The van der Waals surface area contributed by atoms with Gasteiger partial charge < -0.3 is 5.32 Å². The molecule has 0 fully saturated rings. The number of nitrogens with zero attached hydrogens (tertiary/aromatic N) is 1. The molecule has 18 heavy (non-hydrogen) atoms. The zero-order valence-electron chi connectivity index (χ0n) is 10.8. The summed E-state index contributed by atoms with van der Waals surface area (Å²) in [6.45, 7) is 6.37. The molecule has 4 heteroatoms.